The first kappa shape index (κ1) is 15.2. The predicted molar refractivity (Wildman–Crippen MR) is 89.8 cm³/mol. The van der Waals surface area contributed by atoms with Crippen molar-refractivity contribution in [2.24, 2.45) is 0 Å². The third kappa shape index (κ3) is 3.08. The number of fused-ring (bicyclic) bond motifs is 1. The van der Waals surface area contributed by atoms with Crippen molar-refractivity contribution in [3.63, 3.8) is 0 Å². The Labute approximate surface area is 144 Å². The van der Waals surface area contributed by atoms with Gasteiger partial charge in [-0.25, -0.2) is 4.79 Å². The molecular formula is C16H11Br2NO3. The van der Waals surface area contributed by atoms with Gasteiger partial charge in [-0.15, -0.1) is 0 Å². The molecule has 0 bridgehead atoms. The molecule has 4 nitrogen and oxygen atoms in total. The average molecular weight is 425 g/mol. The SMILES string of the molecule is O=C1OC(C(=O)Nc2cc(Br)ccc2Br)Cc2ccccc21. The minimum atomic E-state index is -0.826. The molecule has 0 saturated heterocycles. The van der Waals surface area contributed by atoms with Crippen molar-refractivity contribution in [1.29, 1.82) is 0 Å². The highest BCUT2D eigenvalue weighted by Gasteiger charge is 2.31. The maximum atomic E-state index is 12.4. The van der Waals surface area contributed by atoms with Crippen LogP contribution in [0, 0.1) is 0 Å². The number of hydrogen-bond donors (Lipinski definition) is 1. The normalized spacial score (nSPS) is 16.6. The Balaban J connectivity index is 1.79. The first-order valence-electron chi connectivity index (χ1n) is 6.59. The van der Waals surface area contributed by atoms with Crippen LogP contribution in [0.2, 0.25) is 0 Å². The fourth-order valence-corrected chi connectivity index (χ4v) is 2.99. The monoisotopic (exact) mass is 423 g/mol. The summed E-state index contributed by atoms with van der Waals surface area (Å²) in [7, 11) is 0. The summed E-state index contributed by atoms with van der Waals surface area (Å²) < 4.78 is 6.84. The molecule has 1 atom stereocenters. The number of ether oxygens (including phenoxy) is 1. The van der Waals surface area contributed by atoms with Gasteiger partial charge in [-0.3, -0.25) is 4.79 Å². The van der Waals surface area contributed by atoms with Gasteiger partial charge in [-0.05, 0) is 45.8 Å². The first-order valence-corrected chi connectivity index (χ1v) is 8.18. The van der Waals surface area contributed by atoms with Crippen LogP contribution in [0.3, 0.4) is 0 Å². The van der Waals surface area contributed by atoms with Gasteiger partial charge in [0.2, 0.25) is 0 Å². The van der Waals surface area contributed by atoms with E-state index in [0.717, 1.165) is 14.5 Å². The lowest BCUT2D eigenvalue weighted by molar-refractivity contribution is -0.125. The molecular weight excluding hydrogens is 414 g/mol. The van der Waals surface area contributed by atoms with Crippen LogP contribution < -0.4 is 5.32 Å². The fourth-order valence-electron chi connectivity index (χ4n) is 2.28. The average Bonchev–Trinajstić information content (AvgIpc) is 2.51. The number of carbonyl (C=O) groups excluding carboxylic acids is 2. The van der Waals surface area contributed by atoms with Gasteiger partial charge in [0.15, 0.2) is 6.10 Å². The van der Waals surface area contributed by atoms with E-state index < -0.39 is 12.1 Å². The molecule has 22 heavy (non-hydrogen) atoms. The molecule has 112 valence electrons. The van der Waals surface area contributed by atoms with Gasteiger partial charge >= 0.3 is 5.97 Å². The zero-order valence-electron chi connectivity index (χ0n) is 11.3. The van der Waals surface area contributed by atoms with Gasteiger partial charge in [0.1, 0.15) is 0 Å². The highest BCUT2D eigenvalue weighted by atomic mass is 79.9. The lowest BCUT2D eigenvalue weighted by Crippen LogP contribution is -2.38. The molecule has 0 saturated carbocycles. The minimum Gasteiger partial charge on any atom is -0.448 e. The Morgan fingerprint density at radius 2 is 1.95 bits per heavy atom. The molecule has 1 aliphatic rings. The fraction of sp³-hybridized carbons (Fsp3) is 0.125. The molecule has 1 N–H and O–H groups in total. The van der Waals surface area contributed by atoms with E-state index in [0.29, 0.717) is 17.7 Å². The lowest BCUT2D eigenvalue weighted by atomic mass is 9.98. The number of amides is 1. The Bertz CT molecular complexity index is 761. The largest absolute Gasteiger partial charge is 0.448 e. The summed E-state index contributed by atoms with van der Waals surface area (Å²) >= 11 is 6.73. The summed E-state index contributed by atoms with van der Waals surface area (Å²) in [6, 6.07) is 12.6. The smallest absolute Gasteiger partial charge is 0.339 e. The summed E-state index contributed by atoms with van der Waals surface area (Å²) in [6.07, 6.45) is -0.451. The van der Waals surface area contributed by atoms with Gasteiger partial charge in [0, 0.05) is 15.4 Å². The van der Waals surface area contributed by atoms with Crippen molar-refractivity contribution >= 4 is 49.4 Å². The second-order valence-electron chi connectivity index (χ2n) is 4.87. The quantitative estimate of drug-likeness (QED) is 0.743. The Kier molecular flexibility index (Phi) is 4.31. The van der Waals surface area contributed by atoms with Crippen molar-refractivity contribution in [3.8, 4) is 0 Å². The van der Waals surface area contributed by atoms with Crippen molar-refractivity contribution < 1.29 is 14.3 Å². The van der Waals surface area contributed by atoms with E-state index >= 15 is 0 Å². The van der Waals surface area contributed by atoms with Crippen molar-refractivity contribution in [2.45, 2.75) is 12.5 Å². The number of rotatable bonds is 2. The van der Waals surface area contributed by atoms with Crippen LogP contribution in [0.5, 0.6) is 0 Å². The van der Waals surface area contributed by atoms with E-state index in [4.69, 9.17) is 4.74 Å². The van der Waals surface area contributed by atoms with E-state index in [-0.39, 0.29) is 5.91 Å². The molecule has 1 unspecified atom stereocenters. The molecule has 2 aromatic rings. The number of hydrogen-bond acceptors (Lipinski definition) is 3. The van der Waals surface area contributed by atoms with E-state index in [1.54, 1.807) is 18.2 Å². The van der Waals surface area contributed by atoms with E-state index in [9.17, 15) is 9.59 Å². The first-order chi connectivity index (χ1) is 10.5. The van der Waals surface area contributed by atoms with Gasteiger partial charge < -0.3 is 10.1 Å². The Morgan fingerprint density at radius 3 is 2.77 bits per heavy atom. The van der Waals surface area contributed by atoms with E-state index in [1.165, 1.54) is 0 Å². The van der Waals surface area contributed by atoms with Crippen molar-refractivity contribution in [2.75, 3.05) is 5.32 Å². The number of carbonyl (C=O) groups is 2. The molecule has 0 aliphatic carbocycles. The number of halogens is 2. The molecule has 0 radical (unpaired) electrons. The van der Waals surface area contributed by atoms with Crippen LogP contribution in [0.4, 0.5) is 5.69 Å². The summed E-state index contributed by atoms with van der Waals surface area (Å²) in [5.41, 5.74) is 1.97. The molecule has 1 amide bonds. The van der Waals surface area contributed by atoms with E-state index in [1.807, 2.05) is 24.3 Å². The Morgan fingerprint density at radius 1 is 1.18 bits per heavy atom. The van der Waals surface area contributed by atoms with Crippen LogP contribution in [-0.2, 0) is 16.0 Å². The van der Waals surface area contributed by atoms with Crippen molar-refractivity contribution in [3.05, 3.63) is 62.5 Å². The maximum Gasteiger partial charge on any atom is 0.339 e. The van der Waals surface area contributed by atoms with Gasteiger partial charge in [0.05, 0.1) is 11.3 Å². The third-order valence-corrected chi connectivity index (χ3v) is 4.56. The lowest BCUT2D eigenvalue weighted by Gasteiger charge is -2.24. The number of esters is 1. The number of cyclic esters (lactones) is 1. The summed E-state index contributed by atoms with van der Waals surface area (Å²) in [4.78, 5) is 24.3. The Hall–Kier alpha value is -1.66. The van der Waals surface area contributed by atoms with E-state index in [2.05, 4.69) is 37.2 Å². The van der Waals surface area contributed by atoms with Gasteiger partial charge in [0.25, 0.3) is 5.91 Å². The number of anilines is 1. The summed E-state index contributed by atoms with van der Waals surface area (Å²) in [5, 5.41) is 2.78. The molecule has 6 heteroatoms. The molecule has 1 aliphatic heterocycles. The minimum absolute atomic E-state index is 0.346. The van der Waals surface area contributed by atoms with Crippen LogP contribution in [0.15, 0.2) is 51.4 Å². The molecule has 2 aromatic carbocycles. The molecule has 3 rings (SSSR count). The maximum absolute atomic E-state index is 12.4. The van der Waals surface area contributed by atoms with Crippen LogP contribution in [-0.4, -0.2) is 18.0 Å². The molecule has 1 heterocycles. The van der Waals surface area contributed by atoms with Crippen LogP contribution >= 0.6 is 31.9 Å². The van der Waals surface area contributed by atoms with Crippen LogP contribution in [0.25, 0.3) is 0 Å². The highest BCUT2D eigenvalue weighted by Crippen LogP contribution is 2.27. The second kappa shape index (κ2) is 6.22. The van der Waals surface area contributed by atoms with Crippen LogP contribution in [0.1, 0.15) is 15.9 Å². The second-order valence-corrected chi connectivity index (χ2v) is 6.64. The van der Waals surface area contributed by atoms with Crippen molar-refractivity contribution in [1.82, 2.24) is 0 Å². The zero-order valence-corrected chi connectivity index (χ0v) is 14.5. The molecule has 0 aromatic heterocycles. The topological polar surface area (TPSA) is 55.4 Å². The van der Waals surface area contributed by atoms with Gasteiger partial charge in [-0.2, -0.15) is 0 Å². The molecule has 0 fully saturated rings. The third-order valence-electron chi connectivity index (χ3n) is 3.37. The van der Waals surface area contributed by atoms with Gasteiger partial charge in [-0.1, -0.05) is 34.1 Å². The summed E-state index contributed by atoms with van der Waals surface area (Å²) in [6.45, 7) is 0. The zero-order chi connectivity index (χ0) is 15.7. The molecule has 0 spiro atoms. The number of nitrogens with one attached hydrogen (secondary N) is 1. The highest BCUT2D eigenvalue weighted by molar-refractivity contribution is 9.11. The standard InChI is InChI=1S/C16H11Br2NO3/c17-10-5-6-12(18)13(8-10)19-15(20)14-7-9-3-1-2-4-11(9)16(21)22-14/h1-6,8,14H,7H2,(H,19,20). The predicted octanol–water partition coefficient (Wildman–Crippen LogP) is 3.93. The summed E-state index contributed by atoms with van der Waals surface area (Å²) in [5.74, 6) is -0.808. The number of benzene rings is 2.